The summed E-state index contributed by atoms with van der Waals surface area (Å²) in [5.41, 5.74) is 9.13. The molecule has 0 radical (unpaired) electrons. The van der Waals surface area contributed by atoms with Gasteiger partial charge in [0.05, 0.1) is 5.52 Å². The topological polar surface area (TPSA) is 54.7 Å². The molecule has 2 aromatic carbocycles. The normalized spacial score (nSPS) is 10.9. The third kappa shape index (κ3) is 1.88. The lowest BCUT2D eigenvalue weighted by atomic mass is 10.0. The highest BCUT2D eigenvalue weighted by atomic mass is 127. The van der Waals surface area contributed by atoms with Gasteiger partial charge in [-0.15, -0.1) is 0 Å². The zero-order chi connectivity index (χ0) is 11.8. The number of benzene rings is 2. The van der Waals surface area contributed by atoms with Gasteiger partial charge in [-0.05, 0) is 58.0 Å². The van der Waals surface area contributed by atoms with E-state index in [-0.39, 0.29) is 0 Å². The van der Waals surface area contributed by atoms with Crippen LogP contribution in [0.4, 0.5) is 5.82 Å². The lowest BCUT2D eigenvalue weighted by Gasteiger charge is -2.02. The molecule has 0 spiro atoms. The lowest BCUT2D eigenvalue weighted by molar-refractivity contribution is 1.13. The van der Waals surface area contributed by atoms with Gasteiger partial charge >= 0.3 is 0 Å². The summed E-state index contributed by atoms with van der Waals surface area (Å²) in [7, 11) is 0. The zero-order valence-electron chi connectivity index (χ0n) is 8.94. The molecule has 0 unspecified atom stereocenters. The molecular formula is C13H10IN3. The number of halogens is 1. The smallest absolute Gasteiger partial charge is 0.153 e. The fourth-order valence-electron chi connectivity index (χ4n) is 1.88. The lowest BCUT2D eigenvalue weighted by Crippen LogP contribution is -1.84. The van der Waals surface area contributed by atoms with Crippen molar-refractivity contribution >= 4 is 39.3 Å². The summed E-state index contributed by atoms with van der Waals surface area (Å²) < 4.78 is 1.22. The van der Waals surface area contributed by atoms with E-state index in [1.54, 1.807) is 0 Å². The molecule has 0 amide bonds. The van der Waals surface area contributed by atoms with E-state index in [1.807, 2.05) is 6.07 Å². The SMILES string of the molecule is Nc1n[nH]c2ccc(-c3cccc(I)c3)cc12. The van der Waals surface area contributed by atoms with Gasteiger partial charge in [0.15, 0.2) is 5.82 Å². The molecule has 0 saturated heterocycles. The molecule has 1 heterocycles. The number of nitrogens with one attached hydrogen (secondary N) is 1. The van der Waals surface area contributed by atoms with Gasteiger partial charge in [0.1, 0.15) is 0 Å². The molecule has 0 bridgehead atoms. The molecule has 3 nitrogen and oxygen atoms in total. The summed E-state index contributed by atoms with van der Waals surface area (Å²) in [6.45, 7) is 0. The van der Waals surface area contributed by atoms with Crippen molar-refractivity contribution < 1.29 is 0 Å². The van der Waals surface area contributed by atoms with Crippen LogP contribution >= 0.6 is 22.6 Å². The average molecular weight is 335 g/mol. The fraction of sp³-hybridized carbons (Fsp3) is 0. The number of hydrogen-bond acceptors (Lipinski definition) is 2. The predicted octanol–water partition coefficient (Wildman–Crippen LogP) is 3.42. The highest BCUT2D eigenvalue weighted by molar-refractivity contribution is 14.1. The molecule has 3 rings (SSSR count). The van der Waals surface area contributed by atoms with E-state index in [2.05, 4.69) is 69.2 Å². The van der Waals surface area contributed by atoms with Gasteiger partial charge < -0.3 is 5.73 Å². The minimum absolute atomic E-state index is 0.549. The molecule has 17 heavy (non-hydrogen) atoms. The number of rotatable bonds is 1. The average Bonchev–Trinajstić information content (AvgIpc) is 2.71. The summed E-state index contributed by atoms with van der Waals surface area (Å²) in [6.07, 6.45) is 0. The standard InChI is InChI=1S/C13H10IN3/c14-10-3-1-2-8(6-10)9-4-5-12-11(7-9)13(15)17-16-12/h1-7H,(H3,15,16,17). The maximum absolute atomic E-state index is 5.81. The molecule has 0 aliphatic carbocycles. The van der Waals surface area contributed by atoms with Crippen molar-refractivity contribution in [2.24, 2.45) is 0 Å². The van der Waals surface area contributed by atoms with E-state index in [0.29, 0.717) is 5.82 Å². The number of nitrogens with two attached hydrogens (primary N) is 1. The Morgan fingerprint density at radius 2 is 1.88 bits per heavy atom. The van der Waals surface area contributed by atoms with Crippen molar-refractivity contribution in [3.63, 3.8) is 0 Å². The van der Waals surface area contributed by atoms with Crippen LogP contribution in [0.3, 0.4) is 0 Å². The van der Waals surface area contributed by atoms with Crippen LogP contribution < -0.4 is 5.73 Å². The molecule has 0 fully saturated rings. The second-order valence-electron chi connectivity index (χ2n) is 3.88. The van der Waals surface area contributed by atoms with Gasteiger partial charge in [-0.25, -0.2) is 0 Å². The number of fused-ring (bicyclic) bond motifs is 1. The summed E-state index contributed by atoms with van der Waals surface area (Å²) in [5, 5.41) is 7.87. The Morgan fingerprint density at radius 1 is 1.06 bits per heavy atom. The number of aromatic nitrogens is 2. The maximum atomic E-state index is 5.81. The first-order valence-electron chi connectivity index (χ1n) is 5.23. The minimum Gasteiger partial charge on any atom is -0.382 e. The first kappa shape index (κ1) is 10.6. The molecule has 0 saturated carbocycles. The van der Waals surface area contributed by atoms with Gasteiger partial charge in [-0.2, -0.15) is 5.10 Å². The number of nitrogens with zero attached hydrogens (tertiary/aromatic N) is 1. The molecular weight excluding hydrogens is 325 g/mol. The molecule has 3 N–H and O–H groups in total. The Hall–Kier alpha value is -1.56. The second kappa shape index (κ2) is 4.03. The summed E-state index contributed by atoms with van der Waals surface area (Å²) >= 11 is 2.31. The highest BCUT2D eigenvalue weighted by Gasteiger charge is 2.04. The first-order chi connectivity index (χ1) is 8.24. The molecule has 4 heteroatoms. The molecule has 0 aliphatic heterocycles. The van der Waals surface area contributed by atoms with Gasteiger partial charge in [-0.1, -0.05) is 18.2 Å². The van der Waals surface area contributed by atoms with Crippen LogP contribution in [0.1, 0.15) is 0 Å². The van der Waals surface area contributed by atoms with Crippen LogP contribution in [0.15, 0.2) is 42.5 Å². The molecule has 84 valence electrons. The number of hydrogen-bond donors (Lipinski definition) is 2. The predicted molar refractivity (Wildman–Crippen MR) is 78.7 cm³/mol. The van der Waals surface area contributed by atoms with Crippen molar-refractivity contribution in [2.45, 2.75) is 0 Å². The van der Waals surface area contributed by atoms with E-state index < -0.39 is 0 Å². The third-order valence-corrected chi connectivity index (χ3v) is 3.42. The fourth-order valence-corrected chi connectivity index (χ4v) is 2.43. The zero-order valence-corrected chi connectivity index (χ0v) is 11.1. The number of H-pyrrole nitrogens is 1. The van der Waals surface area contributed by atoms with Crippen molar-refractivity contribution in [3.05, 3.63) is 46.0 Å². The van der Waals surface area contributed by atoms with Crippen LogP contribution in [0.2, 0.25) is 0 Å². The van der Waals surface area contributed by atoms with E-state index in [9.17, 15) is 0 Å². The Labute approximate surface area is 112 Å². The van der Waals surface area contributed by atoms with Gasteiger partial charge in [0.25, 0.3) is 0 Å². The van der Waals surface area contributed by atoms with Gasteiger partial charge in [0.2, 0.25) is 0 Å². The van der Waals surface area contributed by atoms with E-state index >= 15 is 0 Å². The molecule has 0 aliphatic rings. The van der Waals surface area contributed by atoms with Gasteiger partial charge in [0, 0.05) is 8.96 Å². The van der Waals surface area contributed by atoms with Gasteiger partial charge in [-0.3, -0.25) is 5.10 Å². The maximum Gasteiger partial charge on any atom is 0.153 e. The monoisotopic (exact) mass is 335 g/mol. The van der Waals surface area contributed by atoms with E-state index in [4.69, 9.17) is 5.73 Å². The number of anilines is 1. The molecule has 1 aromatic heterocycles. The van der Waals surface area contributed by atoms with Crippen LogP contribution in [-0.4, -0.2) is 10.2 Å². The summed E-state index contributed by atoms with van der Waals surface area (Å²) in [6, 6.07) is 14.5. The van der Waals surface area contributed by atoms with Crippen LogP contribution in [0.25, 0.3) is 22.0 Å². The van der Waals surface area contributed by atoms with Crippen LogP contribution in [0.5, 0.6) is 0 Å². The van der Waals surface area contributed by atoms with Crippen LogP contribution in [-0.2, 0) is 0 Å². The van der Waals surface area contributed by atoms with Crippen molar-refractivity contribution in [3.8, 4) is 11.1 Å². The largest absolute Gasteiger partial charge is 0.382 e. The number of nitrogen functional groups attached to an aromatic ring is 1. The van der Waals surface area contributed by atoms with Crippen molar-refractivity contribution in [1.29, 1.82) is 0 Å². The summed E-state index contributed by atoms with van der Waals surface area (Å²) in [5.74, 6) is 0.549. The Balaban J connectivity index is 2.20. The van der Waals surface area contributed by atoms with E-state index in [0.717, 1.165) is 16.5 Å². The Kier molecular flexibility index (Phi) is 2.51. The molecule has 3 aromatic rings. The first-order valence-corrected chi connectivity index (χ1v) is 6.31. The van der Waals surface area contributed by atoms with Crippen molar-refractivity contribution in [1.82, 2.24) is 10.2 Å². The summed E-state index contributed by atoms with van der Waals surface area (Å²) in [4.78, 5) is 0. The second-order valence-corrected chi connectivity index (χ2v) is 5.13. The Bertz CT molecular complexity index is 688. The molecule has 0 atom stereocenters. The quantitative estimate of drug-likeness (QED) is 0.670. The third-order valence-electron chi connectivity index (χ3n) is 2.75. The van der Waals surface area contributed by atoms with Crippen LogP contribution in [0, 0.1) is 3.57 Å². The minimum atomic E-state index is 0.549. The Morgan fingerprint density at radius 3 is 2.71 bits per heavy atom. The van der Waals surface area contributed by atoms with E-state index in [1.165, 1.54) is 9.13 Å². The van der Waals surface area contributed by atoms with Crippen molar-refractivity contribution in [2.75, 3.05) is 5.73 Å². The highest BCUT2D eigenvalue weighted by Crippen LogP contribution is 2.26. The number of aromatic amines is 1.